The summed E-state index contributed by atoms with van der Waals surface area (Å²) in [5, 5.41) is 29.4. The Morgan fingerprint density at radius 1 is 1.07 bits per heavy atom. The maximum absolute atomic E-state index is 12.5. The molecule has 158 valence electrons. The van der Waals surface area contributed by atoms with Crippen LogP contribution in [-0.2, 0) is 4.74 Å². The third kappa shape index (κ3) is 3.60. The third-order valence-corrected chi connectivity index (χ3v) is 4.73. The van der Waals surface area contributed by atoms with Crippen molar-refractivity contribution in [2.24, 2.45) is 0 Å². The lowest BCUT2D eigenvalue weighted by atomic mass is 10.1. The van der Waals surface area contributed by atoms with Gasteiger partial charge in [0.15, 0.2) is 17.7 Å². The Morgan fingerprint density at radius 3 is 2.17 bits per heavy atom. The van der Waals surface area contributed by atoms with Crippen LogP contribution in [0.5, 0.6) is 17.2 Å². The summed E-state index contributed by atoms with van der Waals surface area (Å²) in [6, 6.07) is 3.05. The molecule has 0 radical (unpaired) electrons. The van der Waals surface area contributed by atoms with Crippen LogP contribution in [-0.4, -0.2) is 71.1 Å². The number of aromatic nitrogens is 2. The van der Waals surface area contributed by atoms with Crippen LogP contribution >= 0.6 is 0 Å². The molecule has 4 N–H and O–H groups in total. The highest BCUT2D eigenvalue weighted by Crippen LogP contribution is 2.40. The molecule has 0 saturated carbocycles. The number of hydrogen-bond donors (Lipinski definition) is 4. The molecule has 3 rings (SSSR count). The van der Waals surface area contributed by atoms with Crippen LogP contribution in [0.4, 0.5) is 0 Å². The molecule has 2 heterocycles. The van der Waals surface area contributed by atoms with E-state index in [1.54, 1.807) is 0 Å². The number of hydrogen-bond acceptors (Lipinski definition) is 9. The number of aliphatic hydroxyl groups excluding tert-OH is 3. The van der Waals surface area contributed by atoms with E-state index < -0.39 is 42.4 Å². The van der Waals surface area contributed by atoms with Gasteiger partial charge in [-0.1, -0.05) is 0 Å². The average Bonchev–Trinajstić information content (AvgIpc) is 3.01. The minimum atomic E-state index is -1.48. The number of rotatable bonds is 6. The summed E-state index contributed by atoms with van der Waals surface area (Å²) < 4.78 is 22.2. The molecular weight excluding hydrogens is 388 g/mol. The van der Waals surface area contributed by atoms with Crippen LogP contribution in [0.15, 0.2) is 27.9 Å². The molecular formula is C18H22N2O9. The van der Waals surface area contributed by atoms with Crippen molar-refractivity contribution in [2.45, 2.75) is 24.5 Å². The predicted molar refractivity (Wildman–Crippen MR) is 99.4 cm³/mol. The Labute approximate surface area is 164 Å². The Kier molecular flexibility index (Phi) is 5.94. The van der Waals surface area contributed by atoms with Crippen LogP contribution < -0.4 is 25.5 Å². The van der Waals surface area contributed by atoms with Gasteiger partial charge in [-0.3, -0.25) is 14.3 Å². The highest BCUT2D eigenvalue weighted by Gasteiger charge is 2.43. The van der Waals surface area contributed by atoms with E-state index in [9.17, 15) is 24.9 Å². The summed E-state index contributed by atoms with van der Waals surface area (Å²) in [7, 11) is 4.28. The number of aliphatic hydroxyl groups is 3. The molecule has 29 heavy (non-hydrogen) atoms. The largest absolute Gasteiger partial charge is 0.493 e. The van der Waals surface area contributed by atoms with Gasteiger partial charge in [-0.25, -0.2) is 4.79 Å². The van der Waals surface area contributed by atoms with Crippen molar-refractivity contribution in [3.05, 3.63) is 39.2 Å². The fraction of sp³-hybridized carbons (Fsp3) is 0.444. The first-order valence-corrected chi connectivity index (χ1v) is 8.64. The Bertz CT molecular complexity index is 975. The van der Waals surface area contributed by atoms with E-state index in [0.29, 0.717) is 22.8 Å². The zero-order valence-corrected chi connectivity index (χ0v) is 16.0. The van der Waals surface area contributed by atoms with Gasteiger partial charge in [0.1, 0.15) is 18.3 Å². The van der Waals surface area contributed by atoms with Gasteiger partial charge in [0, 0.05) is 6.20 Å². The van der Waals surface area contributed by atoms with Crippen molar-refractivity contribution >= 4 is 0 Å². The normalized spacial score (nSPS) is 23.8. The van der Waals surface area contributed by atoms with Gasteiger partial charge in [0.05, 0.1) is 33.5 Å². The van der Waals surface area contributed by atoms with Crippen LogP contribution in [0.25, 0.3) is 11.1 Å². The highest BCUT2D eigenvalue weighted by molar-refractivity contribution is 5.70. The second kappa shape index (κ2) is 8.25. The van der Waals surface area contributed by atoms with E-state index >= 15 is 0 Å². The van der Waals surface area contributed by atoms with E-state index in [-0.39, 0.29) is 5.56 Å². The Balaban J connectivity index is 2.14. The lowest BCUT2D eigenvalue weighted by molar-refractivity contribution is -0.0549. The number of methoxy groups -OCH3 is 3. The van der Waals surface area contributed by atoms with Crippen LogP contribution in [0.1, 0.15) is 6.23 Å². The van der Waals surface area contributed by atoms with Crippen molar-refractivity contribution < 1.29 is 34.3 Å². The van der Waals surface area contributed by atoms with E-state index in [1.807, 2.05) is 0 Å². The fourth-order valence-electron chi connectivity index (χ4n) is 3.23. The standard InChI is InChI=1S/C18H22N2O9/c1-26-10-4-8(5-11(27-2)15(10)28-3)9-6-20(18(25)19-16(9)24)17-14(23)13(22)12(7-21)29-17/h4-6,12-14,17,21-23H,7H2,1-3H3,(H,19,24,25)/t12-,13-,14-,17-/m1/s1. The lowest BCUT2D eigenvalue weighted by Gasteiger charge is -2.18. The molecule has 1 aliphatic heterocycles. The van der Waals surface area contributed by atoms with Crippen LogP contribution in [0, 0.1) is 0 Å². The second-order valence-corrected chi connectivity index (χ2v) is 6.35. The van der Waals surface area contributed by atoms with Gasteiger partial charge in [0.2, 0.25) is 5.75 Å². The molecule has 0 aliphatic carbocycles. The number of nitrogens with zero attached hydrogens (tertiary/aromatic N) is 1. The van der Waals surface area contributed by atoms with Crippen molar-refractivity contribution in [3.8, 4) is 28.4 Å². The number of H-pyrrole nitrogens is 1. The molecule has 1 fully saturated rings. The summed E-state index contributed by atoms with van der Waals surface area (Å²) in [4.78, 5) is 26.9. The Morgan fingerprint density at radius 2 is 1.69 bits per heavy atom. The molecule has 0 bridgehead atoms. The van der Waals surface area contributed by atoms with Gasteiger partial charge in [-0.2, -0.15) is 0 Å². The summed E-state index contributed by atoms with van der Waals surface area (Å²) in [5.41, 5.74) is -1.13. The molecule has 11 nitrogen and oxygen atoms in total. The topological polar surface area (TPSA) is 152 Å². The fourth-order valence-corrected chi connectivity index (χ4v) is 3.23. The summed E-state index contributed by atoms with van der Waals surface area (Å²) >= 11 is 0. The van der Waals surface area contributed by atoms with E-state index in [4.69, 9.17) is 18.9 Å². The first kappa shape index (κ1) is 20.9. The van der Waals surface area contributed by atoms with Gasteiger partial charge in [-0.05, 0) is 17.7 Å². The average molecular weight is 410 g/mol. The minimum Gasteiger partial charge on any atom is -0.493 e. The molecule has 1 aromatic carbocycles. The van der Waals surface area contributed by atoms with Gasteiger partial charge < -0.3 is 34.3 Å². The lowest BCUT2D eigenvalue weighted by Crippen LogP contribution is -2.38. The zero-order valence-electron chi connectivity index (χ0n) is 16.0. The number of nitrogens with one attached hydrogen (secondary N) is 1. The molecule has 1 saturated heterocycles. The zero-order chi connectivity index (χ0) is 21.3. The van der Waals surface area contributed by atoms with Gasteiger partial charge in [-0.15, -0.1) is 0 Å². The molecule has 0 spiro atoms. The molecule has 0 unspecified atom stereocenters. The quantitative estimate of drug-likeness (QED) is 0.462. The first-order chi connectivity index (χ1) is 13.9. The monoisotopic (exact) mass is 410 g/mol. The SMILES string of the molecule is COc1cc(-c2cn([C@@H]3O[C@H](CO)[C@@H](O)[C@H]3O)c(=O)[nH]c2=O)cc(OC)c1OC. The summed E-state index contributed by atoms with van der Waals surface area (Å²) in [6.07, 6.45) is -4.05. The smallest absolute Gasteiger partial charge is 0.330 e. The van der Waals surface area contributed by atoms with E-state index in [2.05, 4.69) is 4.98 Å². The summed E-state index contributed by atoms with van der Waals surface area (Å²) in [5.74, 6) is 0.922. The van der Waals surface area contributed by atoms with Crippen molar-refractivity contribution in [3.63, 3.8) is 0 Å². The summed E-state index contributed by atoms with van der Waals surface area (Å²) in [6.45, 7) is -0.549. The van der Waals surface area contributed by atoms with Crippen molar-refractivity contribution in [1.82, 2.24) is 9.55 Å². The Hall–Kier alpha value is -2.86. The minimum absolute atomic E-state index is 0.0570. The van der Waals surface area contributed by atoms with Crippen molar-refractivity contribution in [2.75, 3.05) is 27.9 Å². The molecule has 2 aromatic rings. The number of aromatic amines is 1. The number of ether oxygens (including phenoxy) is 4. The molecule has 1 aromatic heterocycles. The molecule has 1 aliphatic rings. The second-order valence-electron chi connectivity index (χ2n) is 6.35. The van der Waals surface area contributed by atoms with Crippen LogP contribution in [0.3, 0.4) is 0 Å². The van der Waals surface area contributed by atoms with Gasteiger partial charge >= 0.3 is 5.69 Å². The number of benzene rings is 1. The molecule has 0 amide bonds. The highest BCUT2D eigenvalue weighted by atomic mass is 16.6. The molecule has 4 atom stereocenters. The maximum Gasteiger partial charge on any atom is 0.330 e. The van der Waals surface area contributed by atoms with Gasteiger partial charge in [0.25, 0.3) is 5.56 Å². The first-order valence-electron chi connectivity index (χ1n) is 8.64. The maximum atomic E-state index is 12.5. The third-order valence-electron chi connectivity index (χ3n) is 4.73. The van der Waals surface area contributed by atoms with Crippen molar-refractivity contribution in [1.29, 1.82) is 0 Å². The van der Waals surface area contributed by atoms with Crippen LogP contribution in [0.2, 0.25) is 0 Å². The molecule has 11 heteroatoms. The van der Waals surface area contributed by atoms with E-state index in [0.717, 1.165) is 4.57 Å². The van der Waals surface area contributed by atoms with E-state index in [1.165, 1.54) is 39.7 Å². The predicted octanol–water partition coefficient (Wildman–Crippen LogP) is -1.16.